The first-order valence-electron chi connectivity index (χ1n) is 8.22. The molecule has 0 radical (unpaired) electrons. The van der Waals surface area contributed by atoms with Crippen LogP contribution in [0.25, 0.3) is 0 Å². The molecule has 2 aromatic rings. The highest BCUT2D eigenvalue weighted by Crippen LogP contribution is 2.21. The molecule has 0 bridgehead atoms. The molecule has 1 aliphatic carbocycles. The number of carbonyl (C=O) groups excluding carboxylic acids is 3. The molecule has 0 fully saturated rings. The van der Waals surface area contributed by atoms with Crippen LogP contribution in [-0.2, 0) is 17.6 Å². The summed E-state index contributed by atoms with van der Waals surface area (Å²) in [6, 6.07) is 6.08. The minimum atomic E-state index is -0.588. The molecule has 0 spiro atoms. The maximum absolute atomic E-state index is 12.2. The normalized spacial score (nSPS) is 12.8. The lowest BCUT2D eigenvalue weighted by atomic mass is 9.96. The summed E-state index contributed by atoms with van der Waals surface area (Å²) in [5.74, 6) is -1.12. The topological polar surface area (TPSA) is 139 Å². The van der Waals surface area contributed by atoms with Crippen LogP contribution in [0.5, 0.6) is 5.75 Å². The summed E-state index contributed by atoms with van der Waals surface area (Å²) < 4.78 is 5.11. The first-order chi connectivity index (χ1) is 12.5. The molecule has 0 atom stereocenters. The maximum Gasteiger partial charge on any atom is 0.290 e. The number of nitrogens with one attached hydrogen (secondary N) is 3. The highest BCUT2D eigenvalue weighted by molar-refractivity contribution is 5.99. The van der Waals surface area contributed by atoms with Crippen molar-refractivity contribution in [1.29, 1.82) is 0 Å². The highest BCUT2D eigenvalue weighted by atomic mass is 16.5. The monoisotopic (exact) mass is 357 g/mol. The number of aromatic amines is 1. The van der Waals surface area contributed by atoms with Gasteiger partial charge in [0.2, 0.25) is 0 Å². The average Bonchev–Trinajstić information content (AvgIpc) is 3.09. The zero-order chi connectivity index (χ0) is 18.5. The lowest BCUT2D eigenvalue weighted by Gasteiger charge is -2.11. The number of primary amides is 1. The van der Waals surface area contributed by atoms with Crippen LogP contribution in [0, 0.1) is 0 Å². The summed E-state index contributed by atoms with van der Waals surface area (Å²) in [5, 5.41) is 6.93. The van der Waals surface area contributed by atoms with Gasteiger partial charge in [-0.1, -0.05) is 0 Å². The third kappa shape index (κ3) is 4.00. The number of hydrogen-bond acceptors (Lipinski definition) is 5. The molecule has 0 saturated heterocycles. The van der Waals surface area contributed by atoms with Gasteiger partial charge in [0, 0.05) is 16.8 Å². The second-order valence-electron chi connectivity index (χ2n) is 5.92. The quantitative estimate of drug-likeness (QED) is 0.567. The van der Waals surface area contributed by atoms with Crippen LogP contribution in [0.4, 0.5) is 0 Å². The number of fused-ring (bicyclic) bond motifs is 1. The van der Waals surface area contributed by atoms with E-state index in [0.29, 0.717) is 17.0 Å². The first-order valence-corrected chi connectivity index (χ1v) is 8.22. The van der Waals surface area contributed by atoms with Crippen molar-refractivity contribution in [3.63, 3.8) is 0 Å². The van der Waals surface area contributed by atoms with Gasteiger partial charge in [-0.15, -0.1) is 0 Å². The van der Waals surface area contributed by atoms with E-state index >= 15 is 0 Å². The second kappa shape index (κ2) is 7.68. The number of ether oxygens (including phenoxy) is 1. The molecule has 3 amide bonds. The second-order valence-corrected chi connectivity index (χ2v) is 5.92. The summed E-state index contributed by atoms with van der Waals surface area (Å²) >= 11 is 0. The number of nitrogens with two attached hydrogens (primary N) is 1. The van der Waals surface area contributed by atoms with Gasteiger partial charge in [0.15, 0.2) is 12.3 Å². The van der Waals surface area contributed by atoms with Crippen molar-refractivity contribution in [2.75, 3.05) is 6.61 Å². The molecular formula is C17H19N5O4. The molecule has 1 aromatic carbocycles. The molecule has 0 aliphatic heterocycles. The first kappa shape index (κ1) is 17.5. The molecule has 0 saturated carbocycles. The van der Waals surface area contributed by atoms with Gasteiger partial charge in [-0.05, 0) is 49.9 Å². The Morgan fingerprint density at radius 3 is 2.50 bits per heavy atom. The van der Waals surface area contributed by atoms with Gasteiger partial charge in [0.1, 0.15) is 5.75 Å². The number of aryl methyl sites for hydroxylation is 1. The molecule has 9 heteroatoms. The lowest BCUT2D eigenvalue weighted by Crippen LogP contribution is -2.42. The smallest absolute Gasteiger partial charge is 0.290 e. The zero-order valence-corrected chi connectivity index (χ0v) is 14.0. The molecule has 3 rings (SSSR count). The number of hydrogen-bond donors (Lipinski definition) is 4. The molecule has 9 nitrogen and oxygen atoms in total. The van der Waals surface area contributed by atoms with E-state index in [9.17, 15) is 14.4 Å². The fourth-order valence-corrected chi connectivity index (χ4v) is 2.77. The number of amides is 3. The van der Waals surface area contributed by atoms with E-state index in [1.165, 1.54) is 24.3 Å². The summed E-state index contributed by atoms with van der Waals surface area (Å²) in [5.41, 5.74) is 12.3. The third-order valence-corrected chi connectivity index (χ3v) is 4.06. The van der Waals surface area contributed by atoms with Crippen LogP contribution >= 0.6 is 0 Å². The number of benzene rings is 1. The Bertz CT molecular complexity index is 828. The fourth-order valence-electron chi connectivity index (χ4n) is 2.77. The Kier molecular flexibility index (Phi) is 5.16. The van der Waals surface area contributed by atoms with Crippen LogP contribution in [0.3, 0.4) is 0 Å². The van der Waals surface area contributed by atoms with E-state index in [1.54, 1.807) is 0 Å². The van der Waals surface area contributed by atoms with Crippen molar-refractivity contribution < 1.29 is 19.1 Å². The van der Waals surface area contributed by atoms with Gasteiger partial charge in [-0.3, -0.25) is 30.3 Å². The van der Waals surface area contributed by atoms with E-state index in [4.69, 9.17) is 10.5 Å². The Morgan fingerprint density at radius 2 is 1.77 bits per heavy atom. The summed E-state index contributed by atoms with van der Waals surface area (Å²) in [6.45, 7) is -0.240. The molecule has 26 heavy (non-hydrogen) atoms. The van der Waals surface area contributed by atoms with Crippen molar-refractivity contribution in [1.82, 2.24) is 21.0 Å². The fraction of sp³-hybridized carbons (Fsp3) is 0.294. The highest BCUT2D eigenvalue weighted by Gasteiger charge is 2.22. The van der Waals surface area contributed by atoms with E-state index < -0.39 is 17.7 Å². The minimum absolute atomic E-state index is 0.240. The van der Waals surface area contributed by atoms with Crippen LogP contribution in [0.2, 0.25) is 0 Å². The minimum Gasteiger partial charge on any atom is -0.484 e. The van der Waals surface area contributed by atoms with Gasteiger partial charge < -0.3 is 10.5 Å². The maximum atomic E-state index is 12.2. The van der Waals surface area contributed by atoms with Gasteiger partial charge in [-0.25, -0.2) is 0 Å². The van der Waals surface area contributed by atoms with E-state index in [1.807, 2.05) is 0 Å². The van der Waals surface area contributed by atoms with Crippen molar-refractivity contribution in [2.45, 2.75) is 25.7 Å². The van der Waals surface area contributed by atoms with Gasteiger partial charge in [0.25, 0.3) is 17.7 Å². The van der Waals surface area contributed by atoms with E-state index in [2.05, 4.69) is 21.0 Å². The molecule has 0 unspecified atom stereocenters. The predicted octanol–water partition coefficient (Wildman–Crippen LogP) is 0.227. The van der Waals surface area contributed by atoms with Crippen LogP contribution in [-0.4, -0.2) is 34.5 Å². The average molecular weight is 357 g/mol. The number of H-pyrrole nitrogens is 1. The zero-order valence-electron chi connectivity index (χ0n) is 14.0. The largest absolute Gasteiger partial charge is 0.484 e. The van der Waals surface area contributed by atoms with Crippen molar-refractivity contribution in [2.24, 2.45) is 5.73 Å². The van der Waals surface area contributed by atoms with Gasteiger partial charge in [0.05, 0.1) is 0 Å². The van der Waals surface area contributed by atoms with Crippen LogP contribution < -0.4 is 21.3 Å². The third-order valence-electron chi connectivity index (χ3n) is 4.06. The number of hydrazine groups is 1. The molecule has 1 aromatic heterocycles. The van der Waals surface area contributed by atoms with Crippen molar-refractivity contribution in [3.8, 4) is 5.75 Å². The molecule has 1 heterocycles. The molecule has 5 N–H and O–H groups in total. The van der Waals surface area contributed by atoms with E-state index in [0.717, 1.165) is 36.9 Å². The van der Waals surface area contributed by atoms with Crippen LogP contribution in [0.15, 0.2) is 24.3 Å². The SMILES string of the molecule is NC(=O)COc1ccc(C(=O)NNC(=O)c2n[nH]c3c2CCCC3)cc1. The van der Waals surface area contributed by atoms with Crippen molar-refractivity contribution >= 4 is 17.7 Å². The standard InChI is InChI=1S/C17H19N5O4/c18-14(23)9-26-11-7-5-10(6-8-11)16(24)21-22-17(25)15-12-3-1-2-4-13(12)19-20-15/h5-8H,1-4,9H2,(H2,18,23)(H,19,20)(H,21,24)(H,22,25). The number of nitrogens with zero attached hydrogens (tertiary/aromatic N) is 1. The molecular weight excluding hydrogens is 338 g/mol. The predicted molar refractivity (Wildman–Crippen MR) is 91.3 cm³/mol. The van der Waals surface area contributed by atoms with E-state index in [-0.39, 0.29) is 6.61 Å². The van der Waals surface area contributed by atoms with Gasteiger partial charge >= 0.3 is 0 Å². The molecule has 1 aliphatic rings. The summed E-state index contributed by atoms with van der Waals surface area (Å²) in [7, 11) is 0. The number of carbonyl (C=O) groups is 3. The summed E-state index contributed by atoms with van der Waals surface area (Å²) in [4.78, 5) is 35.0. The lowest BCUT2D eigenvalue weighted by molar-refractivity contribution is -0.119. The van der Waals surface area contributed by atoms with Gasteiger partial charge in [-0.2, -0.15) is 5.10 Å². The Morgan fingerprint density at radius 1 is 1.08 bits per heavy atom. The Balaban J connectivity index is 1.56. The number of aromatic nitrogens is 2. The van der Waals surface area contributed by atoms with Crippen LogP contribution in [0.1, 0.15) is 44.9 Å². The number of rotatable bonds is 5. The Labute approximate surface area is 149 Å². The van der Waals surface area contributed by atoms with Crippen molar-refractivity contribution in [3.05, 3.63) is 46.8 Å². The molecule has 136 valence electrons. The Hall–Kier alpha value is -3.36. The summed E-state index contributed by atoms with van der Waals surface area (Å²) in [6.07, 6.45) is 3.77.